The Hall–Kier alpha value is -1.06. The molecule has 1 rings (SSSR count). The van der Waals surface area contributed by atoms with Gasteiger partial charge in [-0.05, 0) is 18.1 Å². The monoisotopic (exact) mass is 165 g/mol. The Morgan fingerprint density at radius 2 is 2.00 bits per heavy atom. The van der Waals surface area contributed by atoms with E-state index >= 15 is 0 Å². The molecule has 6 N–H and O–H groups in total. The van der Waals surface area contributed by atoms with Gasteiger partial charge in [-0.2, -0.15) is 0 Å². The van der Waals surface area contributed by atoms with Gasteiger partial charge in [-0.1, -0.05) is 19.1 Å². The summed E-state index contributed by atoms with van der Waals surface area (Å²) in [5, 5.41) is 0. The van der Waals surface area contributed by atoms with Gasteiger partial charge in [0.2, 0.25) is 0 Å². The van der Waals surface area contributed by atoms with Gasteiger partial charge in [0.15, 0.2) is 0 Å². The summed E-state index contributed by atoms with van der Waals surface area (Å²) in [6.07, 6.45) is 0.497. The zero-order valence-electron chi connectivity index (χ0n) is 7.25. The molecule has 0 amide bonds. The van der Waals surface area contributed by atoms with Crippen molar-refractivity contribution >= 4 is 5.69 Å². The number of benzene rings is 1. The lowest BCUT2D eigenvalue weighted by atomic mass is 10.1. The summed E-state index contributed by atoms with van der Waals surface area (Å²) in [7, 11) is 0. The Bertz CT molecular complexity index is 268. The third-order valence-electron chi connectivity index (χ3n) is 1.92. The highest BCUT2D eigenvalue weighted by Gasteiger charge is 2.04. The number of aryl methyl sites for hydroxylation is 1. The largest absolute Gasteiger partial charge is 0.398 e. The van der Waals surface area contributed by atoms with Crippen LogP contribution in [0.5, 0.6) is 0 Å². The van der Waals surface area contributed by atoms with Crippen LogP contribution >= 0.6 is 0 Å². The summed E-state index contributed by atoms with van der Waals surface area (Å²) in [4.78, 5) is 0. The van der Waals surface area contributed by atoms with Crippen LogP contribution in [0.25, 0.3) is 0 Å². The zero-order valence-corrected chi connectivity index (χ0v) is 7.25. The van der Waals surface area contributed by atoms with E-state index in [9.17, 15) is 0 Å². The lowest BCUT2D eigenvalue weighted by Gasteiger charge is -2.10. The molecule has 0 aliphatic heterocycles. The first-order valence-electron chi connectivity index (χ1n) is 4.04. The van der Waals surface area contributed by atoms with E-state index in [1.807, 2.05) is 18.2 Å². The minimum atomic E-state index is -0.475. The Balaban J connectivity index is 3.08. The maximum Gasteiger partial charge on any atom is 0.0804 e. The van der Waals surface area contributed by atoms with Crippen LogP contribution in [-0.2, 0) is 6.42 Å². The molecule has 66 valence electrons. The topological polar surface area (TPSA) is 78.1 Å². The highest BCUT2D eigenvalue weighted by atomic mass is 14.9. The Morgan fingerprint density at radius 1 is 1.33 bits per heavy atom. The van der Waals surface area contributed by atoms with Crippen molar-refractivity contribution in [3.05, 3.63) is 29.3 Å². The van der Waals surface area contributed by atoms with Crippen molar-refractivity contribution in [3.8, 4) is 0 Å². The van der Waals surface area contributed by atoms with E-state index < -0.39 is 6.17 Å². The summed E-state index contributed by atoms with van der Waals surface area (Å²) in [5.41, 5.74) is 19.5. The molecular formula is C9H15N3. The van der Waals surface area contributed by atoms with Gasteiger partial charge in [-0.25, -0.2) is 0 Å². The van der Waals surface area contributed by atoms with Crippen molar-refractivity contribution in [1.29, 1.82) is 0 Å². The van der Waals surface area contributed by atoms with Crippen molar-refractivity contribution in [3.63, 3.8) is 0 Å². The van der Waals surface area contributed by atoms with Gasteiger partial charge < -0.3 is 17.2 Å². The smallest absolute Gasteiger partial charge is 0.0804 e. The second kappa shape index (κ2) is 3.56. The predicted octanol–water partition coefficient (Wildman–Crippen LogP) is 0.747. The predicted molar refractivity (Wildman–Crippen MR) is 51.3 cm³/mol. The molecule has 0 aliphatic rings. The van der Waals surface area contributed by atoms with E-state index in [0.717, 1.165) is 12.0 Å². The van der Waals surface area contributed by atoms with Crippen molar-refractivity contribution in [1.82, 2.24) is 0 Å². The minimum Gasteiger partial charge on any atom is -0.398 e. The Morgan fingerprint density at radius 3 is 2.50 bits per heavy atom. The summed E-state index contributed by atoms with van der Waals surface area (Å²) in [6.45, 7) is 2.08. The van der Waals surface area contributed by atoms with Crippen LogP contribution in [0, 0.1) is 0 Å². The molecule has 0 fully saturated rings. The number of anilines is 1. The summed E-state index contributed by atoms with van der Waals surface area (Å²) in [5.74, 6) is 0. The Labute approximate surface area is 72.5 Å². The molecule has 0 aromatic heterocycles. The fourth-order valence-electron chi connectivity index (χ4n) is 1.13. The maximum absolute atomic E-state index is 5.69. The zero-order chi connectivity index (χ0) is 9.14. The second-order valence-corrected chi connectivity index (χ2v) is 2.84. The van der Waals surface area contributed by atoms with Gasteiger partial charge in [0.05, 0.1) is 6.17 Å². The van der Waals surface area contributed by atoms with Crippen molar-refractivity contribution in [2.24, 2.45) is 11.5 Å². The molecule has 0 atom stereocenters. The second-order valence-electron chi connectivity index (χ2n) is 2.84. The average molecular weight is 165 g/mol. The Kier molecular flexibility index (Phi) is 2.68. The molecule has 12 heavy (non-hydrogen) atoms. The molecular weight excluding hydrogens is 150 g/mol. The fraction of sp³-hybridized carbons (Fsp3) is 0.333. The first-order chi connectivity index (χ1) is 5.65. The van der Waals surface area contributed by atoms with Gasteiger partial charge in [-0.15, -0.1) is 0 Å². The quantitative estimate of drug-likeness (QED) is 0.447. The van der Waals surface area contributed by atoms with Crippen LogP contribution in [0.3, 0.4) is 0 Å². The van der Waals surface area contributed by atoms with Crippen molar-refractivity contribution in [2.45, 2.75) is 19.5 Å². The molecule has 0 aliphatic carbocycles. The van der Waals surface area contributed by atoms with E-state index in [2.05, 4.69) is 6.92 Å². The minimum absolute atomic E-state index is 0.475. The van der Waals surface area contributed by atoms with Gasteiger partial charge in [-0.3, -0.25) is 0 Å². The standard InChI is InChI=1S/C9H15N3/c1-2-6-3-4-8(10)7(5-6)9(11)12/h3-5,9H,2,10-12H2,1H3. The fourth-order valence-corrected chi connectivity index (χ4v) is 1.13. The maximum atomic E-state index is 5.69. The third-order valence-corrected chi connectivity index (χ3v) is 1.92. The van der Waals surface area contributed by atoms with Crippen LogP contribution in [0.2, 0.25) is 0 Å². The first kappa shape index (κ1) is 9.03. The number of hydrogen-bond donors (Lipinski definition) is 3. The number of rotatable bonds is 2. The molecule has 0 radical (unpaired) electrons. The van der Waals surface area contributed by atoms with E-state index in [-0.39, 0.29) is 0 Å². The summed E-state index contributed by atoms with van der Waals surface area (Å²) < 4.78 is 0. The molecule has 0 spiro atoms. The van der Waals surface area contributed by atoms with Crippen LogP contribution in [0.1, 0.15) is 24.2 Å². The van der Waals surface area contributed by atoms with E-state index in [4.69, 9.17) is 17.2 Å². The molecule has 3 nitrogen and oxygen atoms in total. The molecule has 0 unspecified atom stereocenters. The van der Waals surface area contributed by atoms with E-state index in [1.165, 1.54) is 5.56 Å². The van der Waals surface area contributed by atoms with E-state index in [0.29, 0.717) is 5.69 Å². The van der Waals surface area contributed by atoms with Gasteiger partial charge >= 0.3 is 0 Å². The van der Waals surface area contributed by atoms with Crippen LogP contribution < -0.4 is 17.2 Å². The van der Waals surface area contributed by atoms with Crippen LogP contribution in [-0.4, -0.2) is 0 Å². The van der Waals surface area contributed by atoms with Crippen LogP contribution in [0.4, 0.5) is 5.69 Å². The molecule has 0 bridgehead atoms. The molecule has 0 heterocycles. The molecule has 1 aromatic rings. The molecule has 3 heteroatoms. The van der Waals surface area contributed by atoms with Gasteiger partial charge in [0.25, 0.3) is 0 Å². The number of hydrogen-bond acceptors (Lipinski definition) is 3. The highest BCUT2D eigenvalue weighted by Crippen LogP contribution is 2.17. The average Bonchev–Trinajstić information content (AvgIpc) is 2.05. The number of nitrogen functional groups attached to an aromatic ring is 1. The lowest BCUT2D eigenvalue weighted by molar-refractivity contribution is 0.774. The first-order valence-corrected chi connectivity index (χ1v) is 4.04. The summed E-state index contributed by atoms with van der Waals surface area (Å²) >= 11 is 0. The molecule has 0 saturated carbocycles. The van der Waals surface area contributed by atoms with Gasteiger partial charge in [0.1, 0.15) is 0 Å². The SMILES string of the molecule is CCc1ccc(N)c(C(N)N)c1. The van der Waals surface area contributed by atoms with Crippen molar-refractivity contribution in [2.75, 3.05) is 5.73 Å². The van der Waals surface area contributed by atoms with Crippen molar-refractivity contribution < 1.29 is 0 Å². The number of nitrogens with two attached hydrogens (primary N) is 3. The molecule has 1 aromatic carbocycles. The normalized spacial score (nSPS) is 10.7. The lowest BCUT2D eigenvalue weighted by Crippen LogP contribution is -2.21. The third kappa shape index (κ3) is 1.75. The highest BCUT2D eigenvalue weighted by molar-refractivity contribution is 5.49. The van der Waals surface area contributed by atoms with E-state index in [1.54, 1.807) is 0 Å². The molecule has 0 saturated heterocycles. The van der Waals surface area contributed by atoms with Gasteiger partial charge in [0, 0.05) is 11.3 Å². The van der Waals surface area contributed by atoms with Crippen LogP contribution in [0.15, 0.2) is 18.2 Å². The summed E-state index contributed by atoms with van der Waals surface area (Å²) in [6, 6.07) is 5.79.